The molecule has 8 heteroatoms. The highest BCUT2D eigenvalue weighted by atomic mass is 32.1. The molecular formula is C16H29N5O2S. The summed E-state index contributed by atoms with van der Waals surface area (Å²) in [5.41, 5.74) is 0.939. The summed E-state index contributed by atoms with van der Waals surface area (Å²) in [7, 11) is 3.95. The molecule has 1 saturated carbocycles. The normalized spacial score (nSPS) is 16.1. The largest absolute Gasteiger partial charge is 0.389 e. The van der Waals surface area contributed by atoms with Gasteiger partial charge in [-0.3, -0.25) is 0 Å². The molecule has 1 aromatic heterocycles. The Morgan fingerprint density at radius 1 is 1.50 bits per heavy atom. The fraction of sp³-hybridized carbons (Fsp3) is 0.750. The predicted molar refractivity (Wildman–Crippen MR) is 98.8 cm³/mol. The number of guanidine groups is 1. The van der Waals surface area contributed by atoms with Crippen molar-refractivity contribution in [3.05, 3.63) is 11.1 Å². The molecule has 1 atom stereocenters. The summed E-state index contributed by atoms with van der Waals surface area (Å²) in [6, 6.07) is 0. The minimum absolute atomic E-state index is 0.362. The van der Waals surface area contributed by atoms with Gasteiger partial charge < -0.3 is 25.4 Å². The van der Waals surface area contributed by atoms with Gasteiger partial charge in [0.25, 0.3) is 0 Å². The molecule has 0 saturated heterocycles. The number of thiazole rings is 1. The van der Waals surface area contributed by atoms with Crippen LogP contribution in [0.15, 0.2) is 10.4 Å². The zero-order valence-corrected chi connectivity index (χ0v) is 15.6. The van der Waals surface area contributed by atoms with E-state index in [4.69, 9.17) is 4.74 Å². The van der Waals surface area contributed by atoms with E-state index in [2.05, 4.69) is 20.6 Å². The summed E-state index contributed by atoms with van der Waals surface area (Å²) in [6.07, 6.45) is 1.99. The summed E-state index contributed by atoms with van der Waals surface area (Å²) in [6.45, 7) is 4.83. The lowest BCUT2D eigenvalue weighted by atomic mass is 10.4. The Bertz CT molecular complexity index is 516. The second-order valence-electron chi connectivity index (χ2n) is 6.23. The third-order valence-electron chi connectivity index (χ3n) is 3.53. The molecular weight excluding hydrogens is 326 g/mol. The average molecular weight is 356 g/mol. The predicted octanol–water partition coefficient (Wildman–Crippen LogP) is 1.05. The second-order valence-corrected chi connectivity index (χ2v) is 7.06. The van der Waals surface area contributed by atoms with E-state index >= 15 is 0 Å². The molecule has 0 aromatic carbocycles. The van der Waals surface area contributed by atoms with Crippen LogP contribution in [0.1, 0.15) is 25.5 Å². The molecule has 0 spiro atoms. The van der Waals surface area contributed by atoms with Gasteiger partial charge in [0.1, 0.15) is 0 Å². The van der Waals surface area contributed by atoms with Crippen molar-refractivity contribution in [3.63, 3.8) is 0 Å². The van der Waals surface area contributed by atoms with E-state index < -0.39 is 6.10 Å². The van der Waals surface area contributed by atoms with E-state index in [1.807, 2.05) is 31.3 Å². The van der Waals surface area contributed by atoms with Crippen LogP contribution < -0.4 is 15.5 Å². The Morgan fingerprint density at radius 3 is 2.92 bits per heavy atom. The van der Waals surface area contributed by atoms with Gasteiger partial charge in [0.2, 0.25) is 0 Å². The van der Waals surface area contributed by atoms with Gasteiger partial charge in [-0.15, -0.1) is 11.3 Å². The van der Waals surface area contributed by atoms with E-state index in [9.17, 15) is 5.11 Å². The first-order valence-electron chi connectivity index (χ1n) is 8.48. The molecule has 1 aromatic rings. The first-order chi connectivity index (χ1) is 11.6. The number of hydrogen-bond acceptors (Lipinski definition) is 6. The summed E-state index contributed by atoms with van der Waals surface area (Å²) in [4.78, 5) is 11.0. The van der Waals surface area contributed by atoms with E-state index in [0.29, 0.717) is 31.6 Å². The molecule has 1 heterocycles. The molecule has 1 unspecified atom stereocenters. The zero-order chi connectivity index (χ0) is 17.4. The highest BCUT2D eigenvalue weighted by molar-refractivity contribution is 7.13. The van der Waals surface area contributed by atoms with Crippen molar-refractivity contribution in [1.82, 2.24) is 15.6 Å². The summed E-state index contributed by atoms with van der Waals surface area (Å²) >= 11 is 1.61. The highest BCUT2D eigenvalue weighted by Crippen LogP contribution is 2.28. The van der Waals surface area contributed by atoms with Crippen LogP contribution in [0.4, 0.5) is 5.13 Å². The molecule has 0 aliphatic heterocycles. The van der Waals surface area contributed by atoms with Crippen molar-refractivity contribution in [1.29, 1.82) is 0 Å². The first kappa shape index (κ1) is 19.0. The average Bonchev–Trinajstić information content (AvgIpc) is 3.24. The van der Waals surface area contributed by atoms with Crippen LogP contribution in [0, 0.1) is 5.92 Å². The number of aliphatic imine (C=N–C) groups is 1. The number of hydrogen-bond donors (Lipinski definition) is 3. The molecule has 0 amide bonds. The number of aromatic nitrogens is 1. The minimum Gasteiger partial charge on any atom is -0.389 e. The van der Waals surface area contributed by atoms with Crippen molar-refractivity contribution < 1.29 is 9.84 Å². The van der Waals surface area contributed by atoms with Crippen LogP contribution in [0.2, 0.25) is 0 Å². The van der Waals surface area contributed by atoms with Gasteiger partial charge in [0.15, 0.2) is 11.1 Å². The van der Waals surface area contributed by atoms with E-state index in [1.165, 1.54) is 12.8 Å². The Balaban J connectivity index is 1.74. The quantitative estimate of drug-likeness (QED) is 0.430. The maximum atomic E-state index is 9.96. The lowest BCUT2D eigenvalue weighted by Gasteiger charge is -2.15. The fourth-order valence-electron chi connectivity index (χ4n) is 2.00. The maximum absolute atomic E-state index is 9.96. The van der Waals surface area contributed by atoms with Crippen LogP contribution >= 0.6 is 11.3 Å². The van der Waals surface area contributed by atoms with Crippen molar-refractivity contribution in [2.45, 2.75) is 32.4 Å². The molecule has 1 aliphatic carbocycles. The van der Waals surface area contributed by atoms with Crippen LogP contribution in [0.25, 0.3) is 0 Å². The van der Waals surface area contributed by atoms with Gasteiger partial charge in [-0.05, 0) is 25.7 Å². The monoisotopic (exact) mass is 355 g/mol. The molecule has 0 radical (unpaired) electrons. The smallest absolute Gasteiger partial charge is 0.191 e. The lowest BCUT2D eigenvalue weighted by molar-refractivity contribution is 0.0345. The molecule has 24 heavy (non-hydrogen) atoms. The van der Waals surface area contributed by atoms with Gasteiger partial charge in [-0.1, -0.05) is 0 Å². The molecule has 1 fully saturated rings. The summed E-state index contributed by atoms with van der Waals surface area (Å²) < 4.78 is 5.50. The summed E-state index contributed by atoms with van der Waals surface area (Å²) in [5, 5.41) is 19.3. The van der Waals surface area contributed by atoms with Crippen molar-refractivity contribution in [2.75, 3.05) is 45.3 Å². The van der Waals surface area contributed by atoms with E-state index in [1.54, 1.807) is 11.3 Å². The van der Waals surface area contributed by atoms with Crippen LogP contribution in [-0.2, 0) is 11.3 Å². The van der Waals surface area contributed by atoms with Crippen LogP contribution in [0.5, 0.6) is 0 Å². The molecule has 136 valence electrons. The molecule has 3 N–H and O–H groups in total. The topological polar surface area (TPSA) is 82.0 Å². The van der Waals surface area contributed by atoms with Crippen molar-refractivity contribution in [2.24, 2.45) is 10.9 Å². The van der Waals surface area contributed by atoms with E-state index in [0.717, 1.165) is 24.0 Å². The number of nitrogens with zero attached hydrogens (tertiary/aromatic N) is 3. The SMILES string of the molecule is CCNC(=NCc1csc(N(C)C)n1)NCC(O)COCC1CC1. The Kier molecular flexibility index (Phi) is 7.74. The van der Waals surface area contributed by atoms with Crippen molar-refractivity contribution >= 4 is 22.4 Å². The van der Waals surface area contributed by atoms with Gasteiger partial charge >= 0.3 is 0 Å². The highest BCUT2D eigenvalue weighted by Gasteiger charge is 2.21. The third kappa shape index (κ3) is 7.02. The number of aliphatic hydroxyl groups is 1. The van der Waals surface area contributed by atoms with Gasteiger partial charge in [-0.25, -0.2) is 9.98 Å². The first-order valence-corrected chi connectivity index (χ1v) is 9.36. The van der Waals surface area contributed by atoms with Crippen LogP contribution in [0.3, 0.4) is 0 Å². The maximum Gasteiger partial charge on any atom is 0.191 e. The zero-order valence-electron chi connectivity index (χ0n) is 14.8. The number of aliphatic hydroxyl groups excluding tert-OH is 1. The fourth-order valence-corrected chi connectivity index (χ4v) is 2.75. The second kappa shape index (κ2) is 9.80. The number of anilines is 1. The van der Waals surface area contributed by atoms with Crippen LogP contribution in [-0.4, -0.2) is 62.6 Å². The Labute approximate surface area is 148 Å². The molecule has 0 bridgehead atoms. The third-order valence-corrected chi connectivity index (χ3v) is 4.59. The van der Waals surface area contributed by atoms with Gasteiger partial charge in [0, 0.05) is 39.2 Å². The standard InChI is InChI=1S/C16H29N5O2S/c1-4-17-15(18-7-13-11-24-16(20-13)21(2)3)19-8-14(22)10-23-9-12-5-6-12/h11-12,14,22H,4-10H2,1-3H3,(H2,17,18,19). The van der Waals surface area contributed by atoms with Gasteiger partial charge in [0.05, 0.1) is 24.9 Å². The number of ether oxygens (including phenoxy) is 1. The Hall–Kier alpha value is -1.38. The van der Waals surface area contributed by atoms with Crippen molar-refractivity contribution in [3.8, 4) is 0 Å². The molecule has 2 rings (SSSR count). The van der Waals surface area contributed by atoms with Gasteiger partial charge in [-0.2, -0.15) is 0 Å². The molecule has 7 nitrogen and oxygen atoms in total. The Morgan fingerprint density at radius 2 is 2.29 bits per heavy atom. The lowest BCUT2D eigenvalue weighted by Crippen LogP contribution is -2.42. The molecule has 1 aliphatic rings. The minimum atomic E-state index is -0.535. The summed E-state index contributed by atoms with van der Waals surface area (Å²) in [5.74, 6) is 1.40. The number of nitrogens with one attached hydrogen (secondary N) is 2. The number of rotatable bonds is 10. The van der Waals surface area contributed by atoms with E-state index in [-0.39, 0.29) is 0 Å².